The van der Waals surface area contributed by atoms with Gasteiger partial charge in [0.1, 0.15) is 5.75 Å². The molecule has 0 bridgehead atoms. The van der Waals surface area contributed by atoms with Crippen LogP contribution in [0.4, 0.5) is 0 Å². The first-order valence-corrected chi connectivity index (χ1v) is 6.80. The van der Waals surface area contributed by atoms with Crippen molar-refractivity contribution in [2.24, 2.45) is 0 Å². The van der Waals surface area contributed by atoms with Crippen LogP contribution in [-0.2, 0) is 0 Å². The number of ether oxygens (including phenoxy) is 1. The predicted octanol–water partition coefficient (Wildman–Crippen LogP) is 3.48. The largest absolute Gasteiger partial charge is 0.422 e. The number of carbonyl (C=O) groups excluding carboxylic acids is 2. The summed E-state index contributed by atoms with van der Waals surface area (Å²) in [6, 6.07) is 15.4. The third-order valence-corrected chi connectivity index (χ3v) is 3.03. The number of benzene rings is 2. The summed E-state index contributed by atoms with van der Waals surface area (Å²) in [6.07, 6.45) is 0. The highest BCUT2D eigenvalue weighted by molar-refractivity contribution is 9.09. The van der Waals surface area contributed by atoms with Crippen molar-refractivity contribution < 1.29 is 14.3 Å². The van der Waals surface area contributed by atoms with Crippen LogP contribution in [0.1, 0.15) is 20.7 Å². The number of halogens is 1. The van der Waals surface area contributed by atoms with Crippen LogP contribution in [0.3, 0.4) is 0 Å². The van der Waals surface area contributed by atoms with Gasteiger partial charge in [-0.05, 0) is 24.3 Å². The van der Waals surface area contributed by atoms with Gasteiger partial charge in [-0.3, -0.25) is 4.79 Å². The fourth-order valence-electron chi connectivity index (χ4n) is 1.59. The van der Waals surface area contributed by atoms with Gasteiger partial charge in [0.25, 0.3) is 0 Å². The van der Waals surface area contributed by atoms with E-state index in [9.17, 15) is 9.59 Å². The van der Waals surface area contributed by atoms with Crippen molar-refractivity contribution >= 4 is 27.7 Å². The van der Waals surface area contributed by atoms with E-state index in [2.05, 4.69) is 15.9 Å². The van der Waals surface area contributed by atoms with Crippen LogP contribution in [0.2, 0.25) is 0 Å². The van der Waals surface area contributed by atoms with E-state index in [-0.39, 0.29) is 16.9 Å². The van der Waals surface area contributed by atoms with Crippen LogP contribution in [0.25, 0.3) is 0 Å². The molecule has 3 nitrogen and oxygen atoms in total. The Morgan fingerprint density at radius 2 is 1.58 bits per heavy atom. The van der Waals surface area contributed by atoms with Gasteiger partial charge in [0, 0.05) is 0 Å². The summed E-state index contributed by atoms with van der Waals surface area (Å²) >= 11 is 3.11. The van der Waals surface area contributed by atoms with Crippen LogP contribution in [0, 0.1) is 0 Å². The van der Waals surface area contributed by atoms with Crippen molar-refractivity contribution in [1.82, 2.24) is 0 Å². The van der Waals surface area contributed by atoms with Gasteiger partial charge in [-0.2, -0.15) is 0 Å². The summed E-state index contributed by atoms with van der Waals surface area (Å²) in [6.45, 7) is 0. The van der Waals surface area contributed by atoms with Gasteiger partial charge >= 0.3 is 5.97 Å². The zero-order chi connectivity index (χ0) is 13.7. The fraction of sp³-hybridized carbons (Fsp3) is 0.0667. The third kappa shape index (κ3) is 3.29. The minimum absolute atomic E-state index is 0.128. The molecule has 19 heavy (non-hydrogen) atoms. The number of rotatable bonds is 4. The molecule has 0 spiro atoms. The number of para-hydroxylation sites is 1. The standard InChI is InChI=1S/C15H11BrO3/c16-10-13(17)12-8-4-5-9-14(12)19-15(18)11-6-2-1-3-7-11/h1-9H,10H2. The second kappa shape index (κ2) is 6.29. The molecule has 96 valence electrons. The minimum atomic E-state index is -0.476. The molecule has 2 aromatic carbocycles. The zero-order valence-electron chi connectivity index (χ0n) is 10.0. The Morgan fingerprint density at radius 1 is 0.947 bits per heavy atom. The van der Waals surface area contributed by atoms with Crippen molar-refractivity contribution in [3.63, 3.8) is 0 Å². The number of esters is 1. The second-order valence-electron chi connectivity index (χ2n) is 3.81. The minimum Gasteiger partial charge on any atom is -0.422 e. The lowest BCUT2D eigenvalue weighted by Gasteiger charge is -2.08. The van der Waals surface area contributed by atoms with Crippen molar-refractivity contribution in [2.75, 3.05) is 5.33 Å². The van der Waals surface area contributed by atoms with Gasteiger partial charge in [0.2, 0.25) is 0 Å². The molecule has 0 amide bonds. The molecule has 4 heteroatoms. The van der Waals surface area contributed by atoms with Gasteiger partial charge in [-0.15, -0.1) is 0 Å². The van der Waals surface area contributed by atoms with E-state index in [4.69, 9.17) is 4.74 Å². The quantitative estimate of drug-likeness (QED) is 0.375. The summed E-state index contributed by atoms with van der Waals surface area (Å²) in [7, 11) is 0. The third-order valence-electron chi connectivity index (χ3n) is 2.52. The highest BCUT2D eigenvalue weighted by Crippen LogP contribution is 2.20. The Morgan fingerprint density at radius 3 is 2.26 bits per heavy atom. The first kappa shape index (κ1) is 13.5. The lowest BCUT2D eigenvalue weighted by atomic mass is 10.1. The normalized spacial score (nSPS) is 9.95. The maximum Gasteiger partial charge on any atom is 0.343 e. The average molecular weight is 319 g/mol. The number of hydrogen-bond donors (Lipinski definition) is 0. The summed E-state index contributed by atoms with van der Waals surface area (Å²) in [4.78, 5) is 23.6. The molecular weight excluding hydrogens is 308 g/mol. The molecule has 0 radical (unpaired) electrons. The SMILES string of the molecule is O=C(Oc1ccccc1C(=O)CBr)c1ccccc1. The Hall–Kier alpha value is -1.94. The van der Waals surface area contributed by atoms with Crippen LogP contribution in [-0.4, -0.2) is 17.1 Å². The van der Waals surface area contributed by atoms with Gasteiger partial charge < -0.3 is 4.74 Å². The van der Waals surface area contributed by atoms with Crippen molar-refractivity contribution in [2.45, 2.75) is 0 Å². The molecule has 0 fully saturated rings. The van der Waals surface area contributed by atoms with Gasteiger partial charge in [0.05, 0.1) is 16.5 Å². The zero-order valence-corrected chi connectivity index (χ0v) is 11.6. The Bertz CT molecular complexity index is 593. The Kier molecular flexibility index (Phi) is 4.47. The summed E-state index contributed by atoms with van der Waals surface area (Å²) in [5, 5.41) is 0.187. The maximum absolute atomic E-state index is 11.9. The highest BCUT2D eigenvalue weighted by Gasteiger charge is 2.14. The first-order valence-electron chi connectivity index (χ1n) is 5.68. The van der Waals surface area contributed by atoms with Crippen LogP contribution >= 0.6 is 15.9 Å². The molecule has 0 atom stereocenters. The second-order valence-corrected chi connectivity index (χ2v) is 4.37. The summed E-state index contributed by atoms with van der Waals surface area (Å²) in [5.74, 6) is -0.326. The summed E-state index contributed by atoms with van der Waals surface area (Å²) < 4.78 is 5.27. The molecule has 0 aliphatic rings. The maximum atomic E-state index is 11.9. The Balaban J connectivity index is 2.25. The molecule has 0 saturated carbocycles. The number of Topliss-reactive ketones (excluding diaryl/α,β-unsaturated/α-hetero) is 1. The average Bonchev–Trinajstić information content (AvgIpc) is 2.48. The number of ketones is 1. The molecule has 0 N–H and O–H groups in total. The van der Waals surface area contributed by atoms with Crippen LogP contribution in [0.15, 0.2) is 54.6 Å². The van der Waals surface area contributed by atoms with Crippen molar-refractivity contribution in [3.05, 3.63) is 65.7 Å². The Labute approximate surface area is 119 Å². The van der Waals surface area contributed by atoms with E-state index >= 15 is 0 Å². The van der Waals surface area contributed by atoms with Crippen molar-refractivity contribution in [3.8, 4) is 5.75 Å². The molecule has 0 aliphatic carbocycles. The summed E-state index contributed by atoms with van der Waals surface area (Å²) in [5.41, 5.74) is 0.840. The van der Waals surface area contributed by atoms with E-state index in [1.54, 1.807) is 48.5 Å². The van der Waals surface area contributed by atoms with Crippen LogP contribution < -0.4 is 4.74 Å². The first-order chi connectivity index (χ1) is 9.22. The molecule has 0 unspecified atom stereocenters. The predicted molar refractivity (Wildman–Crippen MR) is 76.0 cm³/mol. The van der Waals surface area contributed by atoms with Gasteiger partial charge in [-0.25, -0.2) is 4.79 Å². The molecule has 0 saturated heterocycles. The van der Waals surface area contributed by atoms with Gasteiger partial charge in [-0.1, -0.05) is 46.3 Å². The molecule has 0 heterocycles. The van der Waals surface area contributed by atoms with E-state index in [0.717, 1.165) is 0 Å². The van der Waals surface area contributed by atoms with E-state index in [1.807, 2.05) is 6.07 Å². The number of carbonyl (C=O) groups is 2. The molecule has 0 aromatic heterocycles. The lowest BCUT2D eigenvalue weighted by molar-refractivity contribution is 0.0733. The number of hydrogen-bond acceptors (Lipinski definition) is 3. The van der Waals surface area contributed by atoms with E-state index in [0.29, 0.717) is 11.1 Å². The fourth-order valence-corrected chi connectivity index (χ4v) is 1.89. The van der Waals surface area contributed by atoms with Gasteiger partial charge in [0.15, 0.2) is 5.78 Å². The smallest absolute Gasteiger partial charge is 0.343 e. The monoisotopic (exact) mass is 318 g/mol. The van der Waals surface area contributed by atoms with Crippen molar-refractivity contribution in [1.29, 1.82) is 0 Å². The number of alkyl halides is 1. The highest BCUT2D eigenvalue weighted by atomic mass is 79.9. The topological polar surface area (TPSA) is 43.4 Å². The van der Waals surface area contributed by atoms with E-state index in [1.165, 1.54) is 0 Å². The molecule has 2 rings (SSSR count). The van der Waals surface area contributed by atoms with Crippen LogP contribution in [0.5, 0.6) is 5.75 Å². The molecule has 2 aromatic rings. The lowest BCUT2D eigenvalue weighted by Crippen LogP contribution is -2.11. The van der Waals surface area contributed by atoms with E-state index < -0.39 is 5.97 Å². The molecular formula is C15H11BrO3. The molecule has 0 aliphatic heterocycles.